The molecule has 2 unspecified atom stereocenters. The van der Waals surface area contributed by atoms with Gasteiger partial charge in [0.25, 0.3) is 5.91 Å². The number of fused-ring (bicyclic) bond motifs is 1. The minimum atomic E-state index is -0.698. The molecule has 1 fully saturated rings. The van der Waals surface area contributed by atoms with Crippen molar-refractivity contribution in [2.75, 3.05) is 36.5 Å². The summed E-state index contributed by atoms with van der Waals surface area (Å²) in [7, 11) is 0. The van der Waals surface area contributed by atoms with Crippen LogP contribution in [0.15, 0.2) is 52.6 Å². The second kappa shape index (κ2) is 15.7. The van der Waals surface area contributed by atoms with Crippen LogP contribution in [0.2, 0.25) is 0 Å². The Morgan fingerprint density at radius 3 is 2.41 bits per heavy atom. The van der Waals surface area contributed by atoms with Gasteiger partial charge in [-0.2, -0.15) is 5.10 Å². The maximum absolute atomic E-state index is 12.9. The normalized spacial score (nSPS) is 16.5. The Morgan fingerprint density at radius 1 is 1.02 bits per heavy atom. The number of aliphatic imine (C=N–C) groups is 1. The van der Waals surface area contributed by atoms with Crippen LogP contribution in [-0.4, -0.2) is 70.5 Å². The number of anilines is 2. The van der Waals surface area contributed by atoms with Gasteiger partial charge in [0.05, 0.1) is 23.7 Å². The van der Waals surface area contributed by atoms with Crippen molar-refractivity contribution in [3.63, 3.8) is 0 Å². The van der Waals surface area contributed by atoms with Gasteiger partial charge in [0.2, 0.25) is 11.7 Å². The SMILES string of the molecule is CCCCOc1ccc(OC(C)C(=O)NCC(C)c2nc3n(n2)N=C(C(C)(C)C)C3=Nc2ccc(N3CCCCC3)cc2NC(C)=O)cc1. The monoisotopic (exact) mass is 670 g/mol. The average molecular weight is 671 g/mol. The summed E-state index contributed by atoms with van der Waals surface area (Å²) in [5.41, 5.74) is 3.32. The molecule has 12 nitrogen and oxygen atoms in total. The van der Waals surface area contributed by atoms with Crippen LogP contribution < -0.4 is 25.0 Å². The number of carbonyl (C=O) groups excluding carboxylic acids is 2. The van der Waals surface area contributed by atoms with Gasteiger partial charge >= 0.3 is 0 Å². The molecule has 1 aromatic heterocycles. The molecule has 2 N–H and O–H groups in total. The van der Waals surface area contributed by atoms with Crippen molar-refractivity contribution >= 4 is 40.3 Å². The van der Waals surface area contributed by atoms with E-state index in [4.69, 9.17) is 24.6 Å². The number of carbonyl (C=O) groups is 2. The number of aromatic nitrogens is 3. The van der Waals surface area contributed by atoms with Crippen LogP contribution >= 0.6 is 0 Å². The third kappa shape index (κ3) is 9.04. The second-order valence-corrected chi connectivity index (χ2v) is 13.9. The highest BCUT2D eigenvalue weighted by atomic mass is 16.5. The first-order valence-electron chi connectivity index (χ1n) is 17.4. The quantitative estimate of drug-likeness (QED) is 0.199. The lowest BCUT2D eigenvalue weighted by Gasteiger charge is -2.29. The predicted molar refractivity (Wildman–Crippen MR) is 194 cm³/mol. The molecule has 49 heavy (non-hydrogen) atoms. The van der Waals surface area contributed by atoms with Crippen molar-refractivity contribution in [3.05, 3.63) is 54.1 Å². The van der Waals surface area contributed by atoms with E-state index in [2.05, 4.69) is 54.4 Å². The van der Waals surface area contributed by atoms with Crippen LogP contribution in [0.4, 0.5) is 17.1 Å². The van der Waals surface area contributed by atoms with Crippen LogP contribution in [0.3, 0.4) is 0 Å². The van der Waals surface area contributed by atoms with E-state index in [-0.39, 0.29) is 23.1 Å². The summed E-state index contributed by atoms with van der Waals surface area (Å²) in [6.07, 6.45) is 4.92. The zero-order chi connectivity index (χ0) is 35.1. The van der Waals surface area contributed by atoms with E-state index in [9.17, 15) is 9.59 Å². The fourth-order valence-corrected chi connectivity index (χ4v) is 5.68. The van der Waals surface area contributed by atoms with Gasteiger partial charge in [-0.05, 0) is 75.1 Å². The predicted octanol–water partition coefficient (Wildman–Crippen LogP) is 6.48. The fraction of sp³-hybridized carbons (Fsp3) is 0.514. The molecule has 0 aliphatic carbocycles. The largest absolute Gasteiger partial charge is 0.494 e. The van der Waals surface area contributed by atoms with Crippen molar-refractivity contribution in [1.82, 2.24) is 20.2 Å². The Labute approximate surface area is 289 Å². The number of rotatable bonds is 13. The molecule has 2 atom stereocenters. The number of amides is 2. The van der Waals surface area contributed by atoms with Crippen LogP contribution in [0.25, 0.3) is 0 Å². The van der Waals surface area contributed by atoms with Crippen LogP contribution in [0.1, 0.15) is 98.1 Å². The van der Waals surface area contributed by atoms with Gasteiger partial charge in [0.1, 0.15) is 17.2 Å². The molecule has 0 saturated carbocycles. The molecule has 0 spiro atoms. The van der Waals surface area contributed by atoms with E-state index < -0.39 is 6.10 Å². The molecule has 2 aromatic carbocycles. The van der Waals surface area contributed by atoms with Crippen molar-refractivity contribution in [1.29, 1.82) is 0 Å². The van der Waals surface area contributed by atoms with Gasteiger partial charge in [0.15, 0.2) is 11.9 Å². The summed E-state index contributed by atoms with van der Waals surface area (Å²) < 4.78 is 11.6. The van der Waals surface area contributed by atoms with Gasteiger partial charge in [-0.3, -0.25) is 9.59 Å². The third-order valence-electron chi connectivity index (χ3n) is 8.49. The van der Waals surface area contributed by atoms with Crippen molar-refractivity contribution in [2.24, 2.45) is 15.5 Å². The van der Waals surface area contributed by atoms with Crippen LogP contribution in [0, 0.1) is 5.41 Å². The lowest BCUT2D eigenvalue weighted by molar-refractivity contribution is -0.127. The third-order valence-corrected chi connectivity index (χ3v) is 8.49. The zero-order valence-corrected chi connectivity index (χ0v) is 29.9. The van der Waals surface area contributed by atoms with Gasteiger partial charge in [-0.1, -0.05) is 41.0 Å². The minimum Gasteiger partial charge on any atom is -0.494 e. The topological polar surface area (TPSA) is 135 Å². The molecule has 2 amide bonds. The van der Waals surface area contributed by atoms with Crippen molar-refractivity contribution in [3.8, 4) is 11.5 Å². The average Bonchev–Trinajstić information content (AvgIpc) is 3.65. The number of benzene rings is 2. The number of nitrogens with zero attached hydrogens (tertiary/aromatic N) is 6. The number of unbranched alkanes of at least 4 members (excludes halogenated alkanes) is 1. The van der Waals surface area contributed by atoms with Gasteiger partial charge in [-0.25, -0.2) is 9.98 Å². The number of hydrogen-bond donors (Lipinski definition) is 2. The number of nitrogens with one attached hydrogen (secondary N) is 2. The molecule has 0 radical (unpaired) electrons. The summed E-state index contributed by atoms with van der Waals surface area (Å²) in [6.45, 7) is 16.5. The molecular weight excluding hydrogens is 620 g/mol. The number of piperidine rings is 1. The highest BCUT2D eigenvalue weighted by Gasteiger charge is 2.35. The Kier molecular flexibility index (Phi) is 11.4. The first kappa shape index (κ1) is 35.6. The van der Waals surface area contributed by atoms with E-state index in [0.29, 0.717) is 47.6 Å². The molecule has 2 aliphatic heterocycles. The summed E-state index contributed by atoms with van der Waals surface area (Å²) in [4.78, 5) is 38.9. The maximum atomic E-state index is 12.9. The van der Waals surface area contributed by atoms with E-state index in [0.717, 1.165) is 55.9 Å². The summed E-state index contributed by atoms with van der Waals surface area (Å²) in [5.74, 6) is 1.81. The Bertz CT molecular complexity index is 1680. The Hall–Kier alpha value is -4.74. The van der Waals surface area contributed by atoms with E-state index in [1.54, 1.807) is 19.1 Å². The standard InChI is InChI=1S/C37H50N8O4/c1-8-9-21-48-28-14-16-29(17-15-28)49-25(3)36(47)38-23-24(2)34-41-35-32(33(37(5,6)7)42-45(35)43-34)40-30-18-13-27(22-31(30)39-26(4)46)44-19-11-10-12-20-44/h13-18,22,24-25H,8-12,19-21,23H2,1-7H3,(H,38,47)(H,39,46). The Balaban J connectivity index is 1.29. The van der Waals surface area contributed by atoms with Gasteiger partial charge in [-0.15, -0.1) is 9.89 Å². The second-order valence-electron chi connectivity index (χ2n) is 13.9. The summed E-state index contributed by atoms with van der Waals surface area (Å²) in [5, 5.41) is 15.4. The highest BCUT2D eigenvalue weighted by Crippen LogP contribution is 2.34. The molecule has 2 aliphatic rings. The molecular formula is C37H50N8O4. The minimum absolute atomic E-state index is 0.167. The molecule has 0 bridgehead atoms. The van der Waals surface area contributed by atoms with Gasteiger partial charge < -0.3 is 25.0 Å². The molecule has 5 rings (SSSR count). The first-order valence-corrected chi connectivity index (χ1v) is 17.4. The molecule has 12 heteroatoms. The van der Waals surface area contributed by atoms with Gasteiger partial charge in [0, 0.05) is 43.6 Å². The highest BCUT2D eigenvalue weighted by molar-refractivity contribution is 6.50. The number of hydrogen-bond acceptors (Lipinski definition) is 9. The molecule has 1 saturated heterocycles. The molecule has 262 valence electrons. The lowest BCUT2D eigenvalue weighted by atomic mass is 9.87. The first-order chi connectivity index (χ1) is 23.4. The maximum Gasteiger partial charge on any atom is 0.260 e. The van der Waals surface area contributed by atoms with Crippen LogP contribution in [0.5, 0.6) is 11.5 Å². The Morgan fingerprint density at radius 2 is 1.73 bits per heavy atom. The lowest BCUT2D eigenvalue weighted by Crippen LogP contribution is -2.38. The van der Waals surface area contributed by atoms with E-state index >= 15 is 0 Å². The van der Waals surface area contributed by atoms with Crippen molar-refractivity contribution < 1.29 is 19.1 Å². The smallest absolute Gasteiger partial charge is 0.260 e. The summed E-state index contributed by atoms with van der Waals surface area (Å²) in [6, 6.07) is 13.3. The zero-order valence-electron chi connectivity index (χ0n) is 29.9. The van der Waals surface area contributed by atoms with Crippen molar-refractivity contribution in [2.45, 2.75) is 92.6 Å². The van der Waals surface area contributed by atoms with Crippen LogP contribution in [-0.2, 0) is 9.59 Å². The van der Waals surface area contributed by atoms with E-state index in [1.165, 1.54) is 18.1 Å². The fourth-order valence-electron chi connectivity index (χ4n) is 5.68. The van der Waals surface area contributed by atoms with E-state index in [1.807, 2.05) is 31.2 Å². The summed E-state index contributed by atoms with van der Waals surface area (Å²) >= 11 is 0. The number of ether oxygens (including phenoxy) is 2. The molecule has 3 heterocycles. The molecule has 3 aromatic rings.